The molecule has 1 saturated heterocycles. The van der Waals surface area contributed by atoms with Gasteiger partial charge in [-0.2, -0.15) is 4.79 Å². The molecule has 2 rings (SSSR count). The molecule has 0 aliphatic carbocycles. The van der Waals surface area contributed by atoms with Crippen molar-refractivity contribution in [1.82, 2.24) is 14.9 Å². The molecule has 0 bridgehead atoms. The smallest absolute Gasteiger partial charge is 0.414 e. The monoisotopic (exact) mass is 404 g/mol. The fourth-order valence-electron chi connectivity index (χ4n) is 3.56. The topological polar surface area (TPSA) is 99.2 Å². The van der Waals surface area contributed by atoms with Gasteiger partial charge in [-0.15, -0.1) is 0 Å². The van der Waals surface area contributed by atoms with E-state index in [1.165, 1.54) is 0 Å². The van der Waals surface area contributed by atoms with Crippen LogP contribution in [0.25, 0.3) is 12.2 Å². The van der Waals surface area contributed by atoms with Crippen LogP contribution in [0.15, 0.2) is 18.6 Å². The highest BCUT2D eigenvalue weighted by atomic mass is 16.6. The molecule has 3 N–H and O–H groups in total. The number of allylic oxidation sites excluding steroid dienone is 1. The van der Waals surface area contributed by atoms with Gasteiger partial charge in [0.2, 0.25) is 0 Å². The normalized spacial score (nSPS) is 22.4. The first-order chi connectivity index (χ1) is 13.5. The number of carbonyl (C=O) groups is 2. The van der Waals surface area contributed by atoms with E-state index in [-0.39, 0.29) is 16.5 Å². The Morgan fingerprint density at radius 1 is 1.48 bits per heavy atom. The lowest BCUT2D eigenvalue weighted by Crippen LogP contribution is -2.59. The highest BCUT2D eigenvalue weighted by Crippen LogP contribution is 2.28. The molecule has 1 aliphatic rings. The molecule has 0 spiro atoms. The second-order valence-electron chi connectivity index (χ2n) is 8.72. The fraction of sp³-hybridized carbons (Fsp3) is 0.571. The Balaban J connectivity index is 2.02. The minimum Gasteiger partial charge on any atom is -0.414 e. The number of quaternary nitrogens is 1. The molecule has 2 heterocycles. The second kappa shape index (κ2) is 8.82. The van der Waals surface area contributed by atoms with Crippen LogP contribution >= 0.6 is 0 Å². The van der Waals surface area contributed by atoms with Gasteiger partial charge < -0.3 is 20.4 Å². The van der Waals surface area contributed by atoms with Crippen molar-refractivity contribution in [2.45, 2.75) is 58.7 Å². The molecule has 2 atom stereocenters. The summed E-state index contributed by atoms with van der Waals surface area (Å²) < 4.78 is 7.46. The lowest BCUT2D eigenvalue weighted by molar-refractivity contribution is -0.841. The van der Waals surface area contributed by atoms with Crippen molar-refractivity contribution in [1.29, 1.82) is 0 Å². The van der Waals surface area contributed by atoms with Gasteiger partial charge >= 0.3 is 6.09 Å². The predicted octanol–water partition coefficient (Wildman–Crippen LogP) is 2.51. The predicted molar refractivity (Wildman–Crippen MR) is 113 cm³/mol. The summed E-state index contributed by atoms with van der Waals surface area (Å²) >= 11 is 0. The fourth-order valence-corrected chi connectivity index (χ4v) is 3.56. The van der Waals surface area contributed by atoms with Crippen molar-refractivity contribution < 1.29 is 18.8 Å². The molecule has 0 saturated carbocycles. The van der Waals surface area contributed by atoms with Gasteiger partial charge in [0, 0.05) is 31.6 Å². The zero-order valence-corrected chi connectivity index (χ0v) is 18.2. The van der Waals surface area contributed by atoms with Gasteiger partial charge in [0.05, 0.1) is 31.3 Å². The van der Waals surface area contributed by atoms with Crippen LogP contribution in [0.5, 0.6) is 0 Å². The quantitative estimate of drug-likeness (QED) is 0.710. The van der Waals surface area contributed by atoms with Crippen molar-refractivity contribution in [3.8, 4) is 0 Å². The largest absolute Gasteiger partial charge is 0.516 e. The number of hydrogen-bond acceptors (Lipinski definition) is 5. The van der Waals surface area contributed by atoms with E-state index in [1.807, 2.05) is 38.3 Å². The standard InChI is InChI=1S/C21H33N5O3/c1-7-16-17(13-15(2)22)25(14-24-16)11-10-23-19(27)18-9-8-12-26(18,6)20(28)29-21(3,4)5/h7,13-14,18H,1,8-12,22H2,2-6H3/p+1/b15-13+. The summed E-state index contributed by atoms with van der Waals surface area (Å²) in [6.45, 7) is 12.6. The lowest BCUT2D eigenvalue weighted by Gasteiger charge is -2.33. The minimum absolute atomic E-state index is 0.0187. The third kappa shape index (κ3) is 5.47. The molecular weight excluding hydrogens is 370 g/mol. The van der Waals surface area contributed by atoms with Crippen molar-refractivity contribution >= 4 is 24.2 Å². The number of nitrogens with one attached hydrogen (secondary N) is 1. The number of nitrogens with zero attached hydrogens (tertiary/aromatic N) is 3. The molecule has 0 aromatic carbocycles. The Morgan fingerprint density at radius 3 is 2.76 bits per heavy atom. The Hall–Kier alpha value is -2.61. The summed E-state index contributed by atoms with van der Waals surface area (Å²) in [6, 6.07) is -0.443. The molecule has 1 aromatic rings. The zero-order valence-electron chi connectivity index (χ0n) is 18.2. The number of hydrogen-bond donors (Lipinski definition) is 2. The van der Waals surface area contributed by atoms with Crippen molar-refractivity contribution in [3.63, 3.8) is 0 Å². The zero-order chi connectivity index (χ0) is 21.8. The molecule has 8 nitrogen and oxygen atoms in total. The molecule has 160 valence electrons. The summed E-state index contributed by atoms with van der Waals surface area (Å²) in [7, 11) is 1.78. The van der Waals surface area contributed by atoms with E-state index < -0.39 is 11.6 Å². The Labute approximate surface area is 173 Å². The number of likely N-dealkylation sites (tertiary alicyclic amines) is 1. The molecule has 1 aliphatic heterocycles. The van der Waals surface area contributed by atoms with Gasteiger partial charge in [-0.1, -0.05) is 6.58 Å². The number of ether oxygens (including phenoxy) is 1. The van der Waals surface area contributed by atoms with E-state index in [0.717, 1.165) is 17.8 Å². The first-order valence-electron chi connectivity index (χ1n) is 9.96. The SMILES string of the molecule is C=Cc1ncn(CCNC(=O)C2CCC[N+]2(C)C(=O)OC(C)(C)C)c1/C=C(\C)N. The second-order valence-corrected chi connectivity index (χ2v) is 8.72. The first-order valence-corrected chi connectivity index (χ1v) is 9.96. The Kier molecular flexibility index (Phi) is 6.89. The summed E-state index contributed by atoms with van der Waals surface area (Å²) in [5.74, 6) is -0.132. The van der Waals surface area contributed by atoms with Crippen molar-refractivity contribution in [2.24, 2.45) is 5.73 Å². The molecule has 0 radical (unpaired) electrons. The lowest BCUT2D eigenvalue weighted by atomic mass is 10.2. The molecule has 2 unspecified atom stereocenters. The van der Waals surface area contributed by atoms with E-state index >= 15 is 0 Å². The average Bonchev–Trinajstić information content (AvgIpc) is 3.17. The number of likely N-dealkylation sites (N-methyl/N-ethyl adjacent to an activating group) is 1. The van der Waals surface area contributed by atoms with Crippen LogP contribution in [0.4, 0.5) is 4.79 Å². The Bertz CT molecular complexity index is 802. The van der Waals surface area contributed by atoms with Gasteiger partial charge in [0.25, 0.3) is 5.91 Å². The number of aromatic nitrogens is 2. The maximum Gasteiger partial charge on any atom is 0.516 e. The highest BCUT2D eigenvalue weighted by molar-refractivity contribution is 5.82. The van der Waals surface area contributed by atoms with E-state index in [4.69, 9.17) is 10.5 Å². The van der Waals surface area contributed by atoms with E-state index in [0.29, 0.717) is 31.8 Å². The number of amides is 2. The molecular formula is C21H34N5O3+. The van der Waals surface area contributed by atoms with Gasteiger partial charge in [-0.3, -0.25) is 4.79 Å². The molecule has 1 fully saturated rings. The minimum atomic E-state index is -0.586. The molecule has 8 heteroatoms. The summed E-state index contributed by atoms with van der Waals surface area (Å²) in [6.07, 6.45) is 6.32. The number of imidazole rings is 1. The van der Waals surface area contributed by atoms with Gasteiger partial charge in [-0.05, 0) is 39.8 Å². The summed E-state index contributed by atoms with van der Waals surface area (Å²) in [5.41, 5.74) is 7.48. The van der Waals surface area contributed by atoms with Crippen LogP contribution in [-0.4, -0.2) is 57.8 Å². The van der Waals surface area contributed by atoms with Gasteiger partial charge in [-0.25, -0.2) is 9.47 Å². The van der Waals surface area contributed by atoms with Crippen LogP contribution in [0.2, 0.25) is 0 Å². The van der Waals surface area contributed by atoms with Crippen LogP contribution in [0.3, 0.4) is 0 Å². The number of rotatable bonds is 6. The van der Waals surface area contributed by atoms with Crippen LogP contribution in [-0.2, 0) is 16.1 Å². The van der Waals surface area contributed by atoms with Crippen molar-refractivity contribution in [3.05, 3.63) is 30.0 Å². The van der Waals surface area contributed by atoms with Crippen molar-refractivity contribution in [2.75, 3.05) is 20.1 Å². The maximum atomic E-state index is 12.8. The van der Waals surface area contributed by atoms with Gasteiger partial charge in [0.1, 0.15) is 5.60 Å². The van der Waals surface area contributed by atoms with E-state index in [1.54, 1.807) is 19.5 Å². The van der Waals surface area contributed by atoms with E-state index in [2.05, 4.69) is 16.9 Å². The Morgan fingerprint density at radius 2 is 2.17 bits per heavy atom. The summed E-state index contributed by atoms with van der Waals surface area (Å²) in [4.78, 5) is 29.9. The van der Waals surface area contributed by atoms with Crippen LogP contribution in [0.1, 0.15) is 51.9 Å². The number of nitrogens with two attached hydrogens (primary N) is 1. The third-order valence-electron chi connectivity index (χ3n) is 5.02. The number of carbonyl (C=O) groups excluding carboxylic acids is 2. The third-order valence-corrected chi connectivity index (χ3v) is 5.02. The molecule has 29 heavy (non-hydrogen) atoms. The average molecular weight is 405 g/mol. The summed E-state index contributed by atoms with van der Waals surface area (Å²) in [5, 5.41) is 2.97. The molecule has 1 aromatic heterocycles. The van der Waals surface area contributed by atoms with Crippen LogP contribution < -0.4 is 11.1 Å². The highest BCUT2D eigenvalue weighted by Gasteiger charge is 2.50. The maximum absolute atomic E-state index is 12.8. The first kappa shape index (κ1) is 22.7. The van der Waals surface area contributed by atoms with E-state index in [9.17, 15) is 9.59 Å². The van der Waals surface area contributed by atoms with Crippen LogP contribution in [0, 0.1) is 0 Å². The van der Waals surface area contributed by atoms with Gasteiger partial charge in [0.15, 0.2) is 6.04 Å². The molecule has 2 amide bonds.